The molecule has 1 heterocycles. The molecule has 0 saturated carbocycles. The molecule has 0 radical (unpaired) electrons. The Morgan fingerprint density at radius 1 is 0.889 bits per heavy atom. The molecule has 1 aromatic rings. The third-order valence-electron chi connectivity index (χ3n) is 3.90. The minimum atomic E-state index is -2.29. The molecular weight excluding hydrogens is 329 g/mol. The molecule has 4 heteroatoms. The Morgan fingerprint density at radius 3 is 1.72 bits per heavy atom. The fraction of sp³-hybridized carbons (Fsp3) is 0.857. The first-order valence-corrected chi connectivity index (χ1v) is 15.0. The molecule has 1 rings (SSSR count). The normalized spacial score (nSPS) is 11.9. The Bertz CT molecular complexity index is 276. The summed E-state index contributed by atoms with van der Waals surface area (Å²) in [5.41, 5.74) is 0. The second-order valence-electron chi connectivity index (χ2n) is 5.38. The van der Waals surface area contributed by atoms with Crippen LogP contribution in [0.1, 0.15) is 59.3 Å². The number of unbranched alkanes of at least 4 members (excludes halogenated alkanes) is 3. The summed E-state index contributed by atoms with van der Waals surface area (Å²) in [6, 6.07) is 0. The van der Waals surface area contributed by atoms with Gasteiger partial charge in [0.2, 0.25) is 0 Å². The molecule has 0 amide bonds. The minimum absolute atomic E-state index is 1.31. The summed E-state index contributed by atoms with van der Waals surface area (Å²) < 4.78 is 6.72. The van der Waals surface area contributed by atoms with Gasteiger partial charge in [0.1, 0.15) is 0 Å². The Hall–Kier alpha value is -0.0613. The molecule has 104 valence electrons. The quantitative estimate of drug-likeness (QED) is 0.578. The second kappa shape index (κ2) is 8.94. The third-order valence-corrected chi connectivity index (χ3v) is 18.3. The Morgan fingerprint density at radius 2 is 1.39 bits per heavy atom. The number of hydrogen-bond donors (Lipinski definition) is 0. The average Bonchev–Trinajstić information content (AvgIpc) is 2.93. The number of hydrogen-bond acceptors (Lipinski definition) is 2. The van der Waals surface area contributed by atoms with Crippen LogP contribution >= 0.6 is 0 Å². The molecule has 0 atom stereocenters. The van der Waals surface area contributed by atoms with Crippen LogP contribution in [-0.2, 0) is 0 Å². The summed E-state index contributed by atoms with van der Waals surface area (Å²) in [6.07, 6.45) is 12.1. The predicted molar refractivity (Wildman–Crippen MR) is 80.3 cm³/mol. The molecule has 0 aromatic carbocycles. The molecule has 0 aliphatic carbocycles. The van der Waals surface area contributed by atoms with E-state index in [0.717, 1.165) is 0 Å². The van der Waals surface area contributed by atoms with Crippen molar-refractivity contribution in [2.45, 2.75) is 72.6 Å². The van der Waals surface area contributed by atoms with E-state index in [1.807, 2.05) is 6.20 Å². The maximum atomic E-state index is 4.41. The van der Waals surface area contributed by atoms with E-state index in [1.54, 1.807) is 0 Å². The molecule has 18 heavy (non-hydrogen) atoms. The zero-order chi connectivity index (χ0) is 13.3. The second-order valence-corrected chi connectivity index (χ2v) is 18.0. The van der Waals surface area contributed by atoms with Crippen LogP contribution in [0.2, 0.25) is 13.3 Å². The van der Waals surface area contributed by atoms with Crippen LogP contribution in [0.15, 0.2) is 12.4 Å². The van der Waals surface area contributed by atoms with Gasteiger partial charge in [0.25, 0.3) is 0 Å². The van der Waals surface area contributed by atoms with Crippen LogP contribution in [0.5, 0.6) is 0 Å². The number of nitrogens with zero attached hydrogens (tertiary/aromatic N) is 3. The van der Waals surface area contributed by atoms with E-state index in [2.05, 4.69) is 40.2 Å². The van der Waals surface area contributed by atoms with Crippen LogP contribution in [0.4, 0.5) is 0 Å². The topological polar surface area (TPSA) is 30.7 Å². The summed E-state index contributed by atoms with van der Waals surface area (Å²) in [4.78, 5) is 0. The van der Waals surface area contributed by atoms with Crippen molar-refractivity contribution in [3.05, 3.63) is 12.4 Å². The monoisotopic (exact) mass is 359 g/mol. The maximum absolute atomic E-state index is 4.41. The van der Waals surface area contributed by atoms with E-state index in [4.69, 9.17) is 0 Å². The molecule has 0 saturated heterocycles. The number of aromatic nitrogens is 3. The van der Waals surface area contributed by atoms with E-state index < -0.39 is 18.7 Å². The van der Waals surface area contributed by atoms with E-state index >= 15 is 0 Å². The van der Waals surface area contributed by atoms with Gasteiger partial charge in [0.15, 0.2) is 0 Å². The van der Waals surface area contributed by atoms with Gasteiger partial charge in [-0.05, 0) is 0 Å². The van der Waals surface area contributed by atoms with E-state index in [9.17, 15) is 0 Å². The van der Waals surface area contributed by atoms with Gasteiger partial charge in [0.05, 0.1) is 0 Å². The summed E-state index contributed by atoms with van der Waals surface area (Å²) in [6.45, 7) is 6.91. The molecule has 0 aliphatic heterocycles. The Labute approximate surface area is 117 Å². The van der Waals surface area contributed by atoms with Gasteiger partial charge in [-0.3, -0.25) is 0 Å². The van der Waals surface area contributed by atoms with Gasteiger partial charge in [0, 0.05) is 0 Å². The molecule has 0 spiro atoms. The molecule has 0 aliphatic rings. The van der Waals surface area contributed by atoms with Gasteiger partial charge in [-0.15, -0.1) is 0 Å². The van der Waals surface area contributed by atoms with Crippen molar-refractivity contribution in [2.75, 3.05) is 0 Å². The van der Waals surface area contributed by atoms with Crippen LogP contribution in [-0.4, -0.2) is 31.9 Å². The molecule has 0 unspecified atom stereocenters. The zero-order valence-electron chi connectivity index (χ0n) is 12.4. The van der Waals surface area contributed by atoms with Crippen LogP contribution in [0.3, 0.4) is 0 Å². The molecule has 3 nitrogen and oxygen atoms in total. The van der Waals surface area contributed by atoms with Crippen molar-refractivity contribution < 1.29 is 0 Å². The average molecular weight is 358 g/mol. The zero-order valence-corrected chi connectivity index (χ0v) is 15.2. The van der Waals surface area contributed by atoms with Crippen molar-refractivity contribution in [3.8, 4) is 0 Å². The first kappa shape index (κ1) is 16.0. The van der Waals surface area contributed by atoms with Crippen molar-refractivity contribution in [3.63, 3.8) is 0 Å². The fourth-order valence-electron chi connectivity index (χ4n) is 2.70. The predicted octanol–water partition coefficient (Wildman–Crippen LogP) is 4.47. The van der Waals surface area contributed by atoms with Crippen LogP contribution in [0.25, 0.3) is 0 Å². The van der Waals surface area contributed by atoms with Gasteiger partial charge in [-0.1, -0.05) is 0 Å². The van der Waals surface area contributed by atoms with Crippen LogP contribution in [0, 0.1) is 0 Å². The molecule has 0 fully saturated rings. The summed E-state index contributed by atoms with van der Waals surface area (Å²) in [5.74, 6) is 0. The standard InChI is InChI=1S/3C4H9.C2H2N3.Sn/c3*1-3-4-2;1-2-4-5-3-1;/h3*1,3-4H2,2H3;1-2H;/q;;;-1;+1. The first-order valence-electron chi connectivity index (χ1n) is 7.66. The van der Waals surface area contributed by atoms with Crippen molar-refractivity contribution >= 4 is 18.7 Å². The Balaban J connectivity index is 2.84. The van der Waals surface area contributed by atoms with Crippen molar-refractivity contribution in [1.82, 2.24) is 13.2 Å². The SMILES string of the molecule is CCC[CH2][Sn]([CH2]CCC)([CH2]CCC)[n]1ccnn1. The fourth-order valence-corrected chi connectivity index (χ4v) is 17.2. The molecule has 0 N–H and O–H groups in total. The van der Waals surface area contributed by atoms with Gasteiger partial charge < -0.3 is 0 Å². The van der Waals surface area contributed by atoms with Crippen molar-refractivity contribution in [1.29, 1.82) is 0 Å². The Kier molecular flexibility index (Phi) is 7.94. The molecule has 1 aromatic heterocycles. The summed E-state index contributed by atoms with van der Waals surface area (Å²) in [5, 5.41) is 8.49. The van der Waals surface area contributed by atoms with Gasteiger partial charge in [-0.25, -0.2) is 0 Å². The summed E-state index contributed by atoms with van der Waals surface area (Å²) in [7, 11) is 0. The van der Waals surface area contributed by atoms with Gasteiger partial charge >= 0.3 is 117 Å². The van der Waals surface area contributed by atoms with E-state index in [0.29, 0.717) is 0 Å². The van der Waals surface area contributed by atoms with Crippen LogP contribution < -0.4 is 0 Å². The van der Waals surface area contributed by atoms with Gasteiger partial charge in [-0.2, -0.15) is 0 Å². The number of rotatable bonds is 10. The molecular formula is C14H29N3Sn. The summed E-state index contributed by atoms with van der Waals surface area (Å²) >= 11 is -2.29. The third kappa shape index (κ3) is 4.56. The molecule has 0 bridgehead atoms. The van der Waals surface area contributed by atoms with Crippen molar-refractivity contribution in [2.24, 2.45) is 0 Å². The first-order chi connectivity index (χ1) is 8.79. The van der Waals surface area contributed by atoms with E-state index in [-0.39, 0.29) is 0 Å². The van der Waals surface area contributed by atoms with E-state index in [1.165, 1.54) is 51.8 Å².